The van der Waals surface area contributed by atoms with E-state index in [4.69, 9.17) is 21.1 Å². The SMILES string of the molecule is CCOc1cc(-c2nccc(-c3cc4n(n3)CCNC4=O)n2)ccc1OCc1ccccc1Cl. The van der Waals surface area contributed by atoms with E-state index in [0.717, 1.165) is 11.1 Å². The summed E-state index contributed by atoms with van der Waals surface area (Å²) in [4.78, 5) is 21.2. The Bertz CT molecular complexity index is 1350. The number of carbonyl (C=O) groups excluding carboxylic acids is 1. The van der Waals surface area contributed by atoms with Gasteiger partial charge in [-0.2, -0.15) is 5.10 Å². The van der Waals surface area contributed by atoms with Gasteiger partial charge in [0.15, 0.2) is 17.3 Å². The molecule has 1 amide bonds. The monoisotopic (exact) mass is 475 g/mol. The predicted molar refractivity (Wildman–Crippen MR) is 128 cm³/mol. The van der Waals surface area contributed by atoms with Gasteiger partial charge in [0.05, 0.1) is 18.8 Å². The smallest absolute Gasteiger partial charge is 0.269 e. The normalized spacial score (nSPS) is 12.7. The van der Waals surface area contributed by atoms with Crippen LogP contribution in [-0.2, 0) is 13.2 Å². The molecule has 0 saturated carbocycles. The molecule has 1 aliphatic heterocycles. The van der Waals surface area contributed by atoms with E-state index in [0.29, 0.717) is 65.7 Å². The molecule has 1 N–H and O–H groups in total. The summed E-state index contributed by atoms with van der Waals surface area (Å²) in [5.41, 5.74) is 3.46. The van der Waals surface area contributed by atoms with Crippen molar-refractivity contribution in [3.05, 3.63) is 77.1 Å². The topological polar surface area (TPSA) is 91.2 Å². The first-order valence-electron chi connectivity index (χ1n) is 11.0. The highest BCUT2D eigenvalue weighted by atomic mass is 35.5. The Morgan fingerprint density at radius 3 is 2.76 bits per heavy atom. The first kappa shape index (κ1) is 21.9. The molecule has 0 aliphatic carbocycles. The Kier molecular flexibility index (Phi) is 6.14. The molecule has 0 saturated heterocycles. The second-order valence-corrected chi connectivity index (χ2v) is 8.04. The van der Waals surface area contributed by atoms with Crippen molar-refractivity contribution in [1.29, 1.82) is 0 Å². The number of fused-ring (bicyclic) bond motifs is 1. The third kappa shape index (κ3) is 4.45. The van der Waals surface area contributed by atoms with Gasteiger partial charge in [-0.3, -0.25) is 9.48 Å². The van der Waals surface area contributed by atoms with Gasteiger partial charge in [0.25, 0.3) is 5.91 Å². The maximum atomic E-state index is 12.1. The number of benzene rings is 2. The highest BCUT2D eigenvalue weighted by Gasteiger charge is 2.20. The van der Waals surface area contributed by atoms with Crippen molar-refractivity contribution in [3.8, 4) is 34.3 Å². The van der Waals surface area contributed by atoms with Crippen molar-refractivity contribution >= 4 is 17.5 Å². The van der Waals surface area contributed by atoms with Crippen molar-refractivity contribution in [1.82, 2.24) is 25.1 Å². The lowest BCUT2D eigenvalue weighted by molar-refractivity contribution is 0.0924. The summed E-state index contributed by atoms with van der Waals surface area (Å²) in [5.74, 6) is 1.59. The van der Waals surface area contributed by atoms with Crippen molar-refractivity contribution in [3.63, 3.8) is 0 Å². The number of carbonyl (C=O) groups is 1. The van der Waals surface area contributed by atoms with Crippen LogP contribution < -0.4 is 14.8 Å². The second-order valence-electron chi connectivity index (χ2n) is 7.63. The van der Waals surface area contributed by atoms with Crippen molar-refractivity contribution in [2.24, 2.45) is 0 Å². The standard InChI is InChI=1S/C25H22ClN5O3/c1-2-33-23-13-16(7-8-22(23)34-15-17-5-3-4-6-18(17)26)24-27-10-9-19(29-24)20-14-21-25(32)28-11-12-31(21)30-20/h3-10,13-14H,2,11-12,15H2,1H3,(H,28,32). The van der Waals surface area contributed by atoms with Crippen LogP contribution in [0.15, 0.2) is 60.8 Å². The number of amides is 1. The highest BCUT2D eigenvalue weighted by Crippen LogP contribution is 2.33. The minimum absolute atomic E-state index is 0.131. The molecule has 2 aromatic carbocycles. The van der Waals surface area contributed by atoms with E-state index >= 15 is 0 Å². The van der Waals surface area contributed by atoms with E-state index in [2.05, 4.69) is 20.4 Å². The molecule has 0 fully saturated rings. The van der Waals surface area contributed by atoms with E-state index in [1.807, 2.05) is 49.4 Å². The fraction of sp³-hybridized carbons (Fsp3) is 0.200. The summed E-state index contributed by atoms with van der Waals surface area (Å²) < 4.78 is 13.5. The third-order valence-electron chi connectivity index (χ3n) is 5.38. The molecule has 0 atom stereocenters. The van der Waals surface area contributed by atoms with Crippen LogP contribution in [0.25, 0.3) is 22.8 Å². The summed E-state index contributed by atoms with van der Waals surface area (Å²) in [6.45, 7) is 3.91. The van der Waals surface area contributed by atoms with Crippen LogP contribution in [0.5, 0.6) is 11.5 Å². The zero-order chi connectivity index (χ0) is 23.5. The molecule has 34 heavy (non-hydrogen) atoms. The Morgan fingerprint density at radius 2 is 1.94 bits per heavy atom. The summed E-state index contributed by atoms with van der Waals surface area (Å²) in [7, 11) is 0. The maximum absolute atomic E-state index is 12.1. The van der Waals surface area contributed by atoms with Crippen LogP contribution in [0.4, 0.5) is 0 Å². The quantitative estimate of drug-likeness (QED) is 0.426. The van der Waals surface area contributed by atoms with Gasteiger partial charge in [-0.1, -0.05) is 29.8 Å². The molecule has 1 aliphatic rings. The fourth-order valence-corrected chi connectivity index (χ4v) is 3.90. The zero-order valence-corrected chi connectivity index (χ0v) is 19.2. The second kappa shape index (κ2) is 9.52. The van der Waals surface area contributed by atoms with Crippen molar-refractivity contribution < 1.29 is 14.3 Å². The van der Waals surface area contributed by atoms with Crippen LogP contribution in [0, 0.1) is 0 Å². The lowest BCUT2D eigenvalue weighted by atomic mass is 10.1. The summed E-state index contributed by atoms with van der Waals surface area (Å²) >= 11 is 6.25. The lowest BCUT2D eigenvalue weighted by Gasteiger charge is -2.14. The molecule has 0 radical (unpaired) electrons. The van der Waals surface area contributed by atoms with Crippen LogP contribution >= 0.6 is 11.6 Å². The highest BCUT2D eigenvalue weighted by molar-refractivity contribution is 6.31. The molecule has 0 unspecified atom stereocenters. The van der Waals surface area contributed by atoms with Gasteiger partial charge in [0.1, 0.15) is 18.0 Å². The molecule has 3 heterocycles. The van der Waals surface area contributed by atoms with Gasteiger partial charge < -0.3 is 14.8 Å². The van der Waals surface area contributed by atoms with Crippen molar-refractivity contribution in [2.45, 2.75) is 20.1 Å². The van der Waals surface area contributed by atoms with E-state index < -0.39 is 0 Å². The van der Waals surface area contributed by atoms with Gasteiger partial charge in [-0.15, -0.1) is 0 Å². The number of aromatic nitrogens is 4. The lowest BCUT2D eigenvalue weighted by Crippen LogP contribution is -2.35. The van der Waals surface area contributed by atoms with E-state index in [1.165, 1.54) is 0 Å². The Hall–Kier alpha value is -3.91. The number of rotatable bonds is 7. The first-order valence-corrected chi connectivity index (χ1v) is 11.3. The number of ether oxygens (including phenoxy) is 2. The molecule has 172 valence electrons. The molecule has 4 aromatic rings. The Morgan fingerprint density at radius 1 is 1.06 bits per heavy atom. The van der Waals surface area contributed by atoms with E-state index in [9.17, 15) is 4.79 Å². The molecular formula is C25H22ClN5O3. The van der Waals surface area contributed by atoms with E-state index in [-0.39, 0.29) is 5.91 Å². The molecule has 9 heteroatoms. The molecule has 5 rings (SSSR count). The Labute approximate surface area is 201 Å². The van der Waals surface area contributed by atoms with Gasteiger partial charge in [0.2, 0.25) is 0 Å². The molecule has 8 nitrogen and oxygen atoms in total. The first-order chi connectivity index (χ1) is 16.6. The number of hydrogen-bond donors (Lipinski definition) is 1. The average Bonchev–Trinajstić information content (AvgIpc) is 3.30. The van der Waals surface area contributed by atoms with E-state index in [1.54, 1.807) is 23.0 Å². The molecule has 0 spiro atoms. The number of nitrogens with zero attached hydrogens (tertiary/aromatic N) is 4. The predicted octanol–water partition coefficient (Wildman–Crippen LogP) is 4.38. The summed E-state index contributed by atoms with van der Waals surface area (Å²) in [5, 5.41) is 8.01. The summed E-state index contributed by atoms with van der Waals surface area (Å²) in [6, 6.07) is 16.7. The number of hydrogen-bond acceptors (Lipinski definition) is 6. The number of halogens is 1. The average molecular weight is 476 g/mol. The van der Waals surface area contributed by atoms with Crippen molar-refractivity contribution in [2.75, 3.05) is 13.2 Å². The largest absolute Gasteiger partial charge is 0.490 e. The molecule has 0 bridgehead atoms. The van der Waals surface area contributed by atoms with Gasteiger partial charge in [-0.05, 0) is 43.3 Å². The molecular weight excluding hydrogens is 454 g/mol. The van der Waals surface area contributed by atoms with Gasteiger partial charge in [-0.25, -0.2) is 9.97 Å². The minimum atomic E-state index is -0.131. The minimum Gasteiger partial charge on any atom is -0.490 e. The van der Waals surface area contributed by atoms with Crippen LogP contribution in [-0.4, -0.2) is 38.8 Å². The third-order valence-corrected chi connectivity index (χ3v) is 5.75. The summed E-state index contributed by atoms with van der Waals surface area (Å²) in [6.07, 6.45) is 1.68. The molecule has 2 aromatic heterocycles. The maximum Gasteiger partial charge on any atom is 0.269 e. The zero-order valence-electron chi connectivity index (χ0n) is 18.5. The van der Waals surface area contributed by atoms with Crippen LogP contribution in [0.2, 0.25) is 5.02 Å². The Balaban J connectivity index is 1.42. The fourth-order valence-electron chi connectivity index (χ4n) is 3.71. The van der Waals surface area contributed by atoms with Crippen LogP contribution in [0.1, 0.15) is 23.0 Å². The van der Waals surface area contributed by atoms with Gasteiger partial charge >= 0.3 is 0 Å². The van der Waals surface area contributed by atoms with Crippen LogP contribution in [0.3, 0.4) is 0 Å². The number of nitrogens with one attached hydrogen (secondary N) is 1. The van der Waals surface area contributed by atoms with Gasteiger partial charge in [0, 0.05) is 28.9 Å².